The first-order chi connectivity index (χ1) is 9.86. The third kappa shape index (κ3) is 1.86. The van der Waals surface area contributed by atoms with Gasteiger partial charge in [-0.25, -0.2) is 0 Å². The van der Waals surface area contributed by atoms with Crippen LogP contribution in [0.3, 0.4) is 0 Å². The maximum Gasteiger partial charge on any atom is -0.00990 e. The monoisotopic (exact) mass is 256 g/mol. The highest BCUT2D eigenvalue weighted by Gasteiger charge is 2.09. The predicted molar refractivity (Wildman–Crippen MR) is 90.8 cm³/mol. The van der Waals surface area contributed by atoms with Crippen molar-refractivity contribution in [2.24, 2.45) is 0 Å². The van der Waals surface area contributed by atoms with E-state index in [9.17, 15) is 0 Å². The van der Waals surface area contributed by atoms with E-state index in [0.717, 1.165) is 0 Å². The van der Waals surface area contributed by atoms with Gasteiger partial charge in [0.15, 0.2) is 0 Å². The molecule has 0 unspecified atom stereocenters. The highest BCUT2D eigenvalue weighted by molar-refractivity contribution is 6.14. The van der Waals surface area contributed by atoms with Crippen molar-refractivity contribution < 1.29 is 0 Å². The second-order valence-corrected chi connectivity index (χ2v) is 4.72. The van der Waals surface area contributed by atoms with Crippen LogP contribution < -0.4 is 0 Å². The molecule has 0 atom stereocenters. The van der Waals surface area contributed by atoms with Gasteiger partial charge in [0.25, 0.3) is 0 Å². The molecule has 0 heteroatoms. The first-order valence-electron chi connectivity index (χ1n) is 6.72. The molecule has 3 rings (SSSR count). The summed E-state index contributed by atoms with van der Waals surface area (Å²) in [6.07, 6.45) is 7.83. The zero-order valence-electron chi connectivity index (χ0n) is 11.3. The summed E-state index contributed by atoms with van der Waals surface area (Å²) in [6, 6.07) is 17.0. The minimum atomic E-state index is 1.18. The highest BCUT2D eigenvalue weighted by Crippen LogP contribution is 2.34. The van der Waals surface area contributed by atoms with Crippen molar-refractivity contribution >= 4 is 33.7 Å². The smallest absolute Gasteiger partial charge is 0.00990 e. The van der Waals surface area contributed by atoms with Crippen molar-refractivity contribution in [2.45, 2.75) is 0 Å². The summed E-state index contributed by atoms with van der Waals surface area (Å²) in [7, 11) is 0. The summed E-state index contributed by atoms with van der Waals surface area (Å²) in [5, 5.41) is 5.04. The van der Waals surface area contributed by atoms with Crippen molar-refractivity contribution in [1.82, 2.24) is 0 Å². The van der Waals surface area contributed by atoms with Crippen molar-refractivity contribution in [3.8, 4) is 0 Å². The molecule has 0 aliphatic rings. The van der Waals surface area contributed by atoms with E-state index in [4.69, 9.17) is 0 Å². The van der Waals surface area contributed by atoms with Crippen LogP contribution in [-0.4, -0.2) is 0 Å². The van der Waals surface area contributed by atoms with E-state index in [1.54, 1.807) is 6.08 Å². The van der Waals surface area contributed by atoms with Gasteiger partial charge in [-0.1, -0.05) is 86.0 Å². The van der Waals surface area contributed by atoms with E-state index in [2.05, 4.69) is 67.8 Å². The number of hydrogen-bond donors (Lipinski definition) is 0. The molecular weight excluding hydrogens is 240 g/mol. The number of benzene rings is 3. The molecule has 0 N–H and O–H groups in total. The third-order valence-electron chi connectivity index (χ3n) is 3.62. The molecule has 0 aliphatic heterocycles. The minimum absolute atomic E-state index is 1.18. The van der Waals surface area contributed by atoms with E-state index in [0.29, 0.717) is 0 Å². The summed E-state index contributed by atoms with van der Waals surface area (Å²) in [5.41, 5.74) is 2.38. The molecule has 3 aromatic rings. The molecule has 3 aromatic carbocycles. The van der Waals surface area contributed by atoms with Gasteiger partial charge in [0.05, 0.1) is 0 Å². The van der Waals surface area contributed by atoms with Gasteiger partial charge in [-0.05, 0) is 32.7 Å². The van der Waals surface area contributed by atoms with Crippen LogP contribution >= 0.6 is 0 Å². The molecule has 0 aromatic heterocycles. The fraction of sp³-hybridized carbons (Fsp3) is 0. The SMILES string of the molecule is C=C/C=C\c1c(C=C)c2ccccc2c2ccccc12. The fourth-order valence-corrected chi connectivity index (χ4v) is 2.76. The van der Waals surface area contributed by atoms with Gasteiger partial charge in [0.2, 0.25) is 0 Å². The normalized spacial score (nSPS) is 11.2. The number of fused-ring (bicyclic) bond motifs is 3. The van der Waals surface area contributed by atoms with Crippen molar-refractivity contribution in [2.75, 3.05) is 0 Å². The van der Waals surface area contributed by atoms with E-state index in [1.165, 1.54) is 32.7 Å². The van der Waals surface area contributed by atoms with Gasteiger partial charge in [0.1, 0.15) is 0 Å². The Morgan fingerprint density at radius 2 is 1.15 bits per heavy atom. The maximum absolute atomic E-state index is 4.00. The van der Waals surface area contributed by atoms with Crippen LogP contribution in [0.5, 0.6) is 0 Å². The van der Waals surface area contributed by atoms with Crippen molar-refractivity contribution in [3.63, 3.8) is 0 Å². The standard InChI is InChI=1S/C20H16/c1-3-5-10-16-15(4-2)17-11-6-7-13-19(17)20-14-9-8-12-18(16)20/h3-14H,1-2H2/b10-5-. The highest BCUT2D eigenvalue weighted by atomic mass is 14.1. The van der Waals surface area contributed by atoms with Crippen molar-refractivity contribution in [3.05, 3.63) is 85.0 Å². The quantitative estimate of drug-likeness (QED) is 0.408. The first-order valence-corrected chi connectivity index (χ1v) is 6.72. The lowest BCUT2D eigenvalue weighted by Crippen LogP contribution is -1.88. The molecule has 96 valence electrons. The molecular formula is C20H16. The van der Waals surface area contributed by atoms with Gasteiger partial charge >= 0.3 is 0 Å². The zero-order chi connectivity index (χ0) is 13.9. The molecule has 0 amide bonds. The Morgan fingerprint density at radius 3 is 1.65 bits per heavy atom. The second-order valence-electron chi connectivity index (χ2n) is 4.72. The van der Waals surface area contributed by atoms with Crippen LogP contribution in [0.15, 0.2) is 73.8 Å². The summed E-state index contributed by atoms with van der Waals surface area (Å²) >= 11 is 0. The van der Waals surface area contributed by atoms with Gasteiger partial charge in [0, 0.05) is 0 Å². The predicted octanol–water partition coefficient (Wildman–Crippen LogP) is 5.84. The summed E-state index contributed by atoms with van der Waals surface area (Å²) in [6.45, 7) is 7.76. The van der Waals surface area contributed by atoms with E-state index in [1.807, 2.05) is 12.2 Å². The third-order valence-corrected chi connectivity index (χ3v) is 3.62. The molecule has 0 heterocycles. The van der Waals surface area contributed by atoms with Crippen LogP contribution in [0.1, 0.15) is 11.1 Å². The largest absolute Gasteiger partial charge is 0.0991 e. The molecule has 0 saturated heterocycles. The number of rotatable bonds is 3. The molecule has 0 saturated carbocycles. The second kappa shape index (κ2) is 5.18. The molecule has 0 radical (unpaired) electrons. The summed E-state index contributed by atoms with van der Waals surface area (Å²) < 4.78 is 0. The Kier molecular flexibility index (Phi) is 3.22. The fourth-order valence-electron chi connectivity index (χ4n) is 2.76. The lowest BCUT2D eigenvalue weighted by molar-refractivity contribution is 1.70. The summed E-state index contributed by atoms with van der Waals surface area (Å²) in [4.78, 5) is 0. The Hall–Kier alpha value is -2.60. The van der Waals surface area contributed by atoms with Gasteiger partial charge in [-0.15, -0.1) is 0 Å². The topological polar surface area (TPSA) is 0 Å². The van der Waals surface area contributed by atoms with Gasteiger partial charge in [-0.3, -0.25) is 0 Å². The summed E-state index contributed by atoms with van der Waals surface area (Å²) in [5.74, 6) is 0. The molecule has 0 bridgehead atoms. The van der Waals surface area contributed by atoms with Crippen LogP contribution in [0.2, 0.25) is 0 Å². The van der Waals surface area contributed by atoms with Crippen molar-refractivity contribution in [1.29, 1.82) is 0 Å². The van der Waals surface area contributed by atoms with Gasteiger partial charge < -0.3 is 0 Å². The Bertz CT molecular complexity index is 835. The van der Waals surface area contributed by atoms with Gasteiger partial charge in [-0.2, -0.15) is 0 Å². The number of allylic oxidation sites excluding steroid dienone is 2. The van der Waals surface area contributed by atoms with Crippen LogP contribution in [-0.2, 0) is 0 Å². The molecule has 0 spiro atoms. The van der Waals surface area contributed by atoms with Crippen LogP contribution in [0.25, 0.3) is 33.7 Å². The average molecular weight is 256 g/mol. The zero-order valence-corrected chi connectivity index (χ0v) is 11.3. The molecule has 20 heavy (non-hydrogen) atoms. The van der Waals surface area contributed by atoms with Crippen LogP contribution in [0, 0.1) is 0 Å². The average Bonchev–Trinajstić information content (AvgIpc) is 2.52. The first kappa shape index (κ1) is 12.4. The lowest BCUT2D eigenvalue weighted by Gasteiger charge is -2.12. The molecule has 0 nitrogen and oxygen atoms in total. The van der Waals surface area contributed by atoms with Crippen LogP contribution in [0.4, 0.5) is 0 Å². The van der Waals surface area contributed by atoms with E-state index in [-0.39, 0.29) is 0 Å². The minimum Gasteiger partial charge on any atom is -0.0991 e. The number of hydrogen-bond acceptors (Lipinski definition) is 0. The molecule has 0 fully saturated rings. The molecule has 0 aliphatic carbocycles. The Labute approximate surface area is 119 Å². The Balaban J connectivity index is 2.58. The Morgan fingerprint density at radius 1 is 0.650 bits per heavy atom. The van der Waals surface area contributed by atoms with E-state index >= 15 is 0 Å². The lowest BCUT2D eigenvalue weighted by atomic mass is 9.91. The maximum atomic E-state index is 4.00. The van der Waals surface area contributed by atoms with E-state index < -0.39 is 0 Å².